The zero-order valence-electron chi connectivity index (χ0n) is 14.7. The first-order valence-electron chi connectivity index (χ1n) is 8.75. The normalized spacial score (nSPS) is 25.8. The number of esters is 2. The molecule has 1 aromatic carbocycles. The molecule has 0 radical (unpaired) electrons. The maximum atomic E-state index is 13.0. The van der Waals surface area contributed by atoms with Gasteiger partial charge in [-0.25, -0.2) is 0 Å². The van der Waals surface area contributed by atoms with Gasteiger partial charge < -0.3 is 14.4 Å². The average molecular weight is 360 g/mol. The lowest BCUT2D eigenvalue weighted by Gasteiger charge is -2.53. The number of carbonyl (C=O) groups is 2. The molecule has 1 unspecified atom stereocenters. The van der Waals surface area contributed by atoms with E-state index < -0.39 is 28.1 Å². The van der Waals surface area contributed by atoms with Crippen LogP contribution < -0.4 is 4.90 Å². The van der Waals surface area contributed by atoms with Crippen LogP contribution in [0.3, 0.4) is 0 Å². The Balaban J connectivity index is 1.86. The SMILES string of the molecule is CC1(C)OC(=O)C2(Cc3cc([N+](=O)[O-])ccc3N3CCCCC32)C(=O)O1. The number of nitrogens with zero attached hydrogens (tertiary/aromatic N) is 2. The molecule has 8 nitrogen and oxygen atoms in total. The van der Waals surface area contributed by atoms with Crippen molar-refractivity contribution in [2.75, 3.05) is 11.4 Å². The number of hydrogen-bond acceptors (Lipinski definition) is 7. The van der Waals surface area contributed by atoms with Gasteiger partial charge in [-0.1, -0.05) is 0 Å². The summed E-state index contributed by atoms with van der Waals surface area (Å²) in [6, 6.07) is 4.26. The van der Waals surface area contributed by atoms with Crippen LogP contribution in [0, 0.1) is 15.5 Å². The van der Waals surface area contributed by atoms with E-state index in [1.54, 1.807) is 6.07 Å². The molecule has 8 heteroatoms. The molecule has 0 N–H and O–H groups in total. The number of ether oxygens (including phenoxy) is 2. The second-order valence-corrected chi connectivity index (χ2v) is 7.60. The van der Waals surface area contributed by atoms with Gasteiger partial charge in [-0.15, -0.1) is 0 Å². The highest BCUT2D eigenvalue weighted by Crippen LogP contribution is 2.49. The molecule has 4 rings (SSSR count). The molecule has 2 saturated heterocycles. The van der Waals surface area contributed by atoms with E-state index >= 15 is 0 Å². The largest absolute Gasteiger partial charge is 0.422 e. The summed E-state index contributed by atoms with van der Waals surface area (Å²) in [5.74, 6) is -2.51. The molecule has 1 aromatic rings. The topological polar surface area (TPSA) is 99.0 Å². The number of non-ortho nitro benzene ring substituents is 1. The third kappa shape index (κ3) is 2.28. The molecule has 26 heavy (non-hydrogen) atoms. The number of carbonyl (C=O) groups excluding carboxylic acids is 2. The molecule has 2 fully saturated rings. The van der Waals surface area contributed by atoms with Crippen LogP contribution in [0.4, 0.5) is 11.4 Å². The number of anilines is 1. The number of nitro benzene ring substituents is 1. The lowest BCUT2D eigenvalue weighted by Crippen LogP contribution is -2.66. The van der Waals surface area contributed by atoms with Crippen molar-refractivity contribution in [2.24, 2.45) is 5.41 Å². The summed E-state index contributed by atoms with van der Waals surface area (Å²) in [6.45, 7) is 3.73. The van der Waals surface area contributed by atoms with Crippen molar-refractivity contribution >= 4 is 23.3 Å². The fourth-order valence-electron chi connectivity index (χ4n) is 4.41. The molecule has 3 heterocycles. The first-order chi connectivity index (χ1) is 12.2. The molecular weight excluding hydrogens is 340 g/mol. The summed E-state index contributed by atoms with van der Waals surface area (Å²) in [6.07, 6.45) is 2.55. The first-order valence-corrected chi connectivity index (χ1v) is 8.75. The van der Waals surface area contributed by atoms with Gasteiger partial charge in [-0.2, -0.15) is 0 Å². The maximum absolute atomic E-state index is 13.0. The van der Waals surface area contributed by atoms with Gasteiger partial charge in [0.1, 0.15) is 0 Å². The highest BCUT2D eigenvalue weighted by molar-refractivity contribution is 6.04. The number of fused-ring (bicyclic) bond motifs is 4. The van der Waals surface area contributed by atoms with E-state index in [1.807, 2.05) is 4.90 Å². The van der Waals surface area contributed by atoms with Crippen molar-refractivity contribution in [1.29, 1.82) is 0 Å². The minimum Gasteiger partial charge on any atom is -0.422 e. The summed E-state index contributed by atoms with van der Waals surface area (Å²) in [5.41, 5.74) is -0.0902. The van der Waals surface area contributed by atoms with Crippen LogP contribution in [-0.4, -0.2) is 35.2 Å². The van der Waals surface area contributed by atoms with Crippen LogP contribution in [0.1, 0.15) is 38.7 Å². The highest BCUT2D eigenvalue weighted by Gasteiger charge is 2.64. The smallest absolute Gasteiger partial charge is 0.329 e. The van der Waals surface area contributed by atoms with E-state index in [-0.39, 0.29) is 18.2 Å². The first kappa shape index (κ1) is 16.8. The monoisotopic (exact) mass is 360 g/mol. The second-order valence-electron chi connectivity index (χ2n) is 7.60. The van der Waals surface area contributed by atoms with Gasteiger partial charge in [0.25, 0.3) is 11.5 Å². The Labute approximate surface area is 150 Å². The molecule has 3 aliphatic rings. The van der Waals surface area contributed by atoms with E-state index in [4.69, 9.17) is 9.47 Å². The van der Waals surface area contributed by atoms with E-state index in [0.717, 1.165) is 18.5 Å². The van der Waals surface area contributed by atoms with Crippen molar-refractivity contribution in [3.8, 4) is 0 Å². The Hall–Kier alpha value is -2.64. The number of cyclic esters (lactones) is 2. The van der Waals surface area contributed by atoms with Gasteiger partial charge in [0.2, 0.25) is 0 Å². The van der Waals surface area contributed by atoms with Gasteiger partial charge in [0, 0.05) is 44.6 Å². The van der Waals surface area contributed by atoms with Crippen LogP contribution >= 0.6 is 0 Å². The molecule has 3 aliphatic heterocycles. The summed E-state index contributed by atoms with van der Waals surface area (Å²) in [5, 5.41) is 11.2. The van der Waals surface area contributed by atoms with Crippen molar-refractivity contribution < 1.29 is 24.0 Å². The standard InChI is InChI=1S/C18H20N2O6/c1-17(2)25-15(21)18(16(22)26-17)10-11-9-12(20(23)24)6-7-13(11)19-8-4-3-5-14(18)19/h6-7,9,14H,3-5,8,10H2,1-2H3. The minimum atomic E-state index is -1.47. The van der Waals surface area contributed by atoms with Crippen LogP contribution in [0.2, 0.25) is 0 Å². The molecule has 0 saturated carbocycles. The highest BCUT2D eigenvalue weighted by atomic mass is 16.7. The zero-order chi connectivity index (χ0) is 18.7. The number of nitro groups is 1. The van der Waals surface area contributed by atoms with Crippen LogP contribution in [0.15, 0.2) is 18.2 Å². The predicted molar refractivity (Wildman–Crippen MR) is 90.5 cm³/mol. The quantitative estimate of drug-likeness (QED) is 0.328. The van der Waals surface area contributed by atoms with E-state index in [0.29, 0.717) is 18.5 Å². The van der Waals surface area contributed by atoms with Gasteiger partial charge in [-0.05, 0) is 30.9 Å². The van der Waals surface area contributed by atoms with Gasteiger partial charge in [-0.3, -0.25) is 19.7 Å². The number of piperidine rings is 1. The van der Waals surface area contributed by atoms with Gasteiger partial charge >= 0.3 is 11.9 Å². The van der Waals surface area contributed by atoms with Crippen LogP contribution in [-0.2, 0) is 25.5 Å². The molecule has 0 bridgehead atoms. The van der Waals surface area contributed by atoms with E-state index in [1.165, 1.54) is 26.0 Å². The molecular formula is C18H20N2O6. The lowest BCUT2D eigenvalue weighted by atomic mass is 9.68. The Morgan fingerprint density at radius 3 is 2.54 bits per heavy atom. The number of rotatable bonds is 1. The van der Waals surface area contributed by atoms with Crippen LogP contribution in [0.25, 0.3) is 0 Å². The summed E-state index contributed by atoms with van der Waals surface area (Å²) in [7, 11) is 0. The van der Waals surface area contributed by atoms with Gasteiger partial charge in [0.15, 0.2) is 5.41 Å². The van der Waals surface area contributed by atoms with Crippen molar-refractivity contribution in [2.45, 2.75) is 51.4 Å². The molecule has 0 amide bonds. The fourth-order valence-corrected chi connectivity index (χ4v) is 4.41. The molecule has 0 aliphatic carbocycles. The summed E-state index contributed by atoms with van der Waals surface area (Å²) >= 11 is 0. The third-order valence-electron chi connectivity index (χ3n) is 5.53. The Bertz CT molecular complexity index is 798. The van der Waals surface area contributed by atoms with Crippen molar-refractivity contribution in [3.63, 3.8) is 0 Å². The molecule has 138 valence electrons. The zero-order valence-corrected chi connectivity index (χ0v) is 14.7. The fraction of sp³-hybridized carbons (Fsp3) is 0.556. The molecule has 1 atom stereocenters. The number of benzene rings is 1. The number of hydrogen-bond donors (Lipinski definition) is 0. The third-order valence-corrected chi connectivity index (χ3v) is 5.53. The Kier molecular flexibility index (Phi) is 3.51. The lowest BCUT2D eigenvalue weighted by molar-refractivity contribution is -0.384. The summed E-state index contributed by atoms with van der Waals surface area (Å²) < 4.78 is 10.9. The van der Waals surface area contributed by atoms with E-state index in [2.05, 4.69) is 0 Å². The van der Waals surface area contributed by atoms with Gasteiger partial charge in [0.05, 0.1) is 11.0 Å². The molecule has 0 aromatic heterocycles. The Morgan fingerprint density at radius 2 is 1.88 bits per heavy atom. The Morgan fingerprint density at radius 1 is 1.19 bits per heavy atom. The molecule has 1 spiro atoms. The van der Waals surface area contributed by atoms with Crippen molar-refractivity contribution in [1.82, 2.24) is 0 Å². The second kappa shape index (κ2) is 5.43. The average Bonchev–Trinajstić information content (AvgIpc) is 2.58. The maximum Gasteiger partial charge on any atom is 0.329 e. The minimum absolute atomic E-state index is 0.0545. The predicted octanol–water partition coefficient (Wildman–Crippen LogP) is 2.33. The summed E-state index contributed by atoms with van der Waals surface area (Å²) in [4.78, 5) is 38.7. The van der Waals surface area contributed by atoms with E-state index in [9.17, 15) is 19.7 Å². The van der Waals surface area contributed by atoms with Crippen LogP contribution in [0.5, 0.6) is 0 Å². The van der Waals surface area contributed by atoms with Crippen molar-refractivity contribution in [3.05, 3.63) is 33.9 Å².